The van der Waals surface area contributed by atoms with Crippen LogP contribution in [0.25, 0.3) is 0 Å². The van der Waals surface area contributed by atoms with Crippen LogP contribution in [0.15, 0.2) is 34.5 Å². The molecule has 0 radical (unpaired) electrons. The molecule has 1 heteroatoms. The first kappa shape index (κ1) is 7.67. The third-order valence-corrected chi connectivity index (χ3v) is 3.77. The number of hydrogen-bond acceptors (Lipinski definition) is 0. The van der Waals surface area contributed by atoms with Gasteiger partial charge in [0.2, 0.25) is 0 Å². The highest BCUT2D eigenvalue weighted by atomic mass is 32.2. The summed E-state index contributed by atoms with van der Waals surface area (Å²) in [5.74, 6) is 0.624. The Morgan fingerprint density at radius 3 is 2.20 bits per heavy atom. The van der Waals surface area contributed by atoms with Gasteiger partial charge in [0.25, 0.3) is 0 Å². The smallest absolute Gasteiger partial charge is 0.0176 e. The molecule has 56 valence electrons. The monoisotopic (exact) mass is 154 g/mol. The van der Waals surface area contributed by atoms with Crippen LogP contribution in [-0.4, -0.2) is 0 Å². The summed E-state index contributed by atoms with van der Waals surface area (Å²) >= 11 is 0. The van der Waals surface area contributed by atoms with Crippen LogP contribution in [-0.2, 0) is 0 Å². The lowest BCUT2D eigenvalue weighted by atomic mass is 10.2. The third kappa shape index (κ3) is 1.54. The normalized spacial score (nSPS) is 18.9. The molecular weight excluding hydrogens is 140 g/mol. The summed E-state index contributed by atoms with van der Waals surface area (Å²) in [7, 11) is -0.101. The average Bonchev–Trinajstić information content (AvgIpc) is 2.36. The molecule has 0 bridgehead atoms. The quantitative estimate of drug-likeness (QED) is 0.580. The lowest BCUT2D eigenvalue weighted by Crippen LogP contribution is -1.88. The van der Waals surface area contributed by atoms with Gasteiger partial charge in [0.05, 0.1) is 0 Å². The first-order valence-electron chi connectivity index (χ1n) is 3.54. The highest BCUT2D eigenvalue weighted by Crippen LogP contribution is 2.43. The summed E-state index contributed by atoms with van der Waals surface area (Å²) in [5, 5.41) is 4.50. The second-order valence-electron chi connectivity index (χ2n) is 2.74. The summed E-state index contributed by atoms with van der Waals surface area (Å²) < 4.78 is 0. The maximum atomic E-state index is 4.06. The zero-order valence-electron chi connectivity index (χ0n) is 6.54. The van der Waals surface area contributed by atoms with Crippen molar-refractivity contribution in [2.75, 3.05) is 0 Å². The fraction of sp³-hybridized carbons (Fsp3) is 0.333. The topological polar surface area (TPSA) is 0 Å². The first-order chi connectivity index (χ1) is 4.72. The number of allylic oxidation sites excluding steroid dienone is 3. The van der Waals surface area contributed by atoms with Gasteiger partial charge in [0.15, 0.2) is 0 Å². The molecule has 0 saturated carbocycles. The summed E-state index contributed by atoms with van der Waals surface area (Å²) in [6.07, 6.45) is 4.22. The second-order valence-corrected chi connectivity index (χ2v) is 4.72. The predicted molar refractivity (Wildman–Crippen MR) is 51.2 cm³/mol. The lowest BCUT2D eigenvalue weighted by Gasteiger charge is -2.16. The van der Waals surface area contributed by atoms with Gasteiger partial charge in [-0.2, -0.15) is 10.9 Å². The molecule has 0 nitrogen and oxygen atoms in total. The standard InChI is InChI=1S/C9H14S/c1-8(2)9(3)10-6-4-5-7-10/h4-8,10H,3H2,1-2H3. The largest absolute Gasteiger partial charge is 0.190 e. The summed E-state index contributed by atoms with van der Waals surface area (Å²) in [6, 6.07) is 0. The van der Waals surface area contributed by atoms with Gasteiger partial charge in [-0.1, -0.05) is 32.6 Å². The van der Waals surface area contributed by atoms with Crippen LogP contribution in [0, 0.1) is 5.92 Å². The molecule has 0 aliphatic carbocycles. The predicted octanol–water partition coefficient (Wildman–Crippen LogP) is 3.20. The molecule has 10 heavy (non-hydrogen) atoms. The Morgan fingerprint density at radius 2 is 1.80 bits per heavy atom. The van der Waals surface area contributed by atoms with E-state index in [0.717, 1.165) is 0 Å². The Bertz CT molecular complexity index is 175. The van der Waals surface area contributed by atoms with E-state index >= 15 is 0 Å². The van der Waals surface area contributed by atoms with Crippen molar-refractivity contribution in [1.29, 1.82) is 0 Å². The molecular formula is C9H14S. The zero-order chi connectivity index (χ0) is 7.56. The van der Waals surface area contributed by atoms with Crippen molar-refractivity contribution in [2.24, 2.45) is 5.92 Å². The molecule has 1 aliphatic heterocycles. The minimum Gasteiger partial charge on any atom is -0.190 e. The lowest BCUT2D eigenvalue weighted by molar-refractivity contribution is 0.820. The van der Waals surface area contributed by atoms with E-state index in [1.54, 1.807) is 0 Å². The van der Waals surface area contributed by atoms with Crippen molar-refractivity contribution >= 4 is 10.9 Å². The molecule has 0 fully saturated rings. The fourth-order valence-electron chi connectivity index (χ4n) is 0.824. The SMILES string of the molecule is C=C(C(C)C)[SH]1C=CC=C1. The van der Waals surface area contributed by atoms with Crippen molar-refractivity contribution in [3.63, 3.8) is 0 Å². The highest BCUT2D eigenvalue weighted by molar-refractivity contribution is 8.25. The van der Waals surface area contributed by atoms with Gasteiger partial charge >= 0.3 is 0 Å². The van der Waals surface area contributed by atoms with E-state index in [-0.39, 0.29) is 10.9 Å². The van der Waals surface area contributed by atoms with Crippen LogP contribution >= 0.6 is 10.9 Å². The van der Waals surface area contributed by atoms with E-state index in [0.29, 0.717) is 5.92 Å². The van der Waals surface area contributed by atoms with E-state index in [1.165, 1.54) is 4.91 Å². The zero-order valence-corrected chi connectivity index (χ0v) is 7.44. The molecule has 0 aromatic rings. The Kier molecular flexibility index (Phi) is 2.39. The minimum absolute atomic E-state index is 0.101. The molecule has 1 rings (SSSR count). The molecule has 0 spiro atoms. The van der Waals surface area contributed by atoms with Crippen molar-refractivity contribution < 1.29 is 0 Å². The average molecular weight is 154 g/mol. The van der Waals surface area contributed by atoms with Crippen LogP contribution in [0.4, 0.5) is 0 Å². The fourth-order valence-corrected chi connectivity index (χ4v) is 2.47. The minimum atomic E-state index is -0.101. The van der Waals surface area contributed by atoms with Gasteiger partial charge in [-0.05, 0) is 21.6 Å². The van der Waals surface area contributed by atoms with Gasteiger partial charge in [-0.15, -0.1) is 0 Å². The Hall–Kier alpha value is -0.430. The van der Waals surface area contributed by atoms with Crippen LogP contribution in [0.1, 0.15) is 13.8 Å². The van der Waals surface area contributed by atoms with E-state index < -0.39 is 0 Å². The number of thiol groups is 1. The van der Waals surface area contributed by atoms with E-state index in [4.69, 9.17) is 0 Å². The summed E-state index contributed by atoms with van der Waals surface area (Å²) in [5.41, 5.74) is 0. The Balaban J connectivity index is 2.58. The molecule has 0 atom stereocenters. The number of hydrogen-bond donors (Lipinski definition) is 1. The van der Waals surface area contributed by atoms with Crippen LogP contribution in [0.3, 0.4) is 0 Å². The van der Waals surface area contributed by atoms with Crippen LogP contribution in [0.2, 0.25) is 0 Å². The van der Waals surface area contributed by atoms with Crippen LogP contribution < -0.4 is 0 Å². The van der Waals surface area contributed by atoms with Gasteiger partial charge in [0, 0.05) is 0 Å². The molecule has 0 aromatic heterocycles. The van der Waals surface area contributed by atoms with Crippen molar-refractivity contribution in [3.05, 3.63) is 34.5 Å². The third-order valence-electron chi connectivity index (χ3n) is 1.60. The highest BCUT2D eigenvalue weighted by Gasteiger charge is 2.06. The molecule has 1 heterocycles. The summed E-state index contributed by atoms with van der Waals surface area (Å²) in [4.78, 5) is 1.38. The van der Waals surface area contributed by atoms with Crippen molar-refractivity contribution in [3.8, 4) is 0 Å². The van der Waals surface area contributed by atoms with E-state index in [9.17, 15) is 0 Å². The Labute approximate surface area is 65.7 Å². The molecule has 0 aromatic carbocycles. The van der Waals surface area contributed by atoms with E-state index in [1.807, 2.05) is 0 Å². The van der Waals surface area contributed by atoms with E-state index in [2.05, 4.69) is 43.4 Å². The number of rotatable bonds is 2. The molecule has 0 amide bonds. The molecule has 0 unspecified atom stereocenters. The van der Waals surface area contributed by atoms with Gasteiger partial charge < -0.3 is 0 Å². The second kappa shape index (κ2) is 3.11. The molecule has 1 aliphatic rings. The van der Waals surface area contributed by atoms with Crippen molar-refractivity contribution in [1.82, 2.24) is 0 Å². The Morgan fingerprint density at radius 1 is 1.30 bits per heavy atom. The maximum absolute atomic E-state index is 4.06. The van der Waals surface area contributed by atoms with Gasteiger partial charge in [0.1, 0.15) is 0 Å². The summed E-state index contributed by atoms with van der Waals surface area (Å²) in [6.45, 7) is 8.46. The van der Waals surface area contributed by atoms with Gasteiger partial charge in [-0.25, -0.2) is 0 Å². The first-order valence-corrected chi connectivity index (χ1v) is 5.02. The van der Waals surface area contributed by atoms with Gasteiger partial charge in [-0.3, -0.25) is 0 Å². The maximum Gasteiger partial charge on any atom is -0.0176 e. The van der Waals surface area contributed by atoms with Crippen molar-refractivity contribution in [2.45, 2.75) is 13.8 Å². The van der Waals surface area contributed by atoms with Crippen LogP contribution in [0.5, 0.6) is 0 Å². The molecule has 0 N–H and O–H groups in total. The molecule has 0 saturated heterocycles.